The van der Waals surface area contributed by atoms with Crippen molar-refractivity contribution in [2.75, 3.05) is 12.4 Å². The third-order valence-corrected chi connectivity index (χ3v) is 4.69. The highest BCUT2D eigenvalue weighted by molar-refractivity contribution is 7.16. The predicted molar refractivity (Wildman–Crippen MR) is 99.0 cm³/mol. The molecule has 0 aliphatic heterocycles. The van der Waals surface area contributed by atoms with E-state index in [-0.39, 0.29) is 5.91 Å². The number of anilines is 1. The highest BCUT2D eigenvalue weighted by atomic mass is 32.1. The van der Waals surface area contributed by atoms with E-state index in [0.717, 1.165) is 27.4 Å². The SMILES string of the molecule is COc1ccc(-c2nc(NC(=O)CCc3cnn(C)c3)sc2C)cc1. The summed E-state index contributed by atoms with van der Waals surface area (Å²) in [6.07, 6.45) is 4.77. The van der Waals surface area contributed by atoms with Crippen LogP contribution in [0.4, 0.5) is 5.13 Å². The Labute approximate surface area is 150 Å². The van der Waals surface area contributed by atoms with Crippen molar-refractivity contribution in [2.24, 2.45) is 7.05 Å². The van der Waals surface area contributed by atoms with Crippen molar-refractivity contribution in [1.82, 2.24) is 14.8 Å². The summed E-state index contributed by atoms with van der Waals surface area (Å²) in [5, 5.41) is 7.62. The molecule has 0 atom stereocenters. The van der Waals surface area contributed by atoms with Gasteiger partial charge in [-0.3, -0.25) is 9.48 Å². The number of nitrogens with zero attached hydrogens (tertiary/aromatic N) is 3. The van der Waals surface area contributed by atoms with E-state index < -0.39 is 0 Å². The van der Waals surface area contributed by atoms with Crippen LogP contribution in [0.1, 0.15) is 16.9 Å². The molecule has 6 nitrogen and oxygen atoms in total. The molecule has 2 aromatic heterocycles. The third-order valence-electron chi connectivity index (χ3n) is 3.81. The molecule has 0 bridgehead atoms. The Hall–Kier alpha value is -2.67. The second-order valence-corrected chi connectivity index (χ2v) is 6.93. The van der Waals surface area contributed by atoms with E-state index in [1.54, 1.807) is 18.0 Å². The van der Waals surface area contributed by atoms with Crippen LogP contribution in [0.2, 0.25) is 0 Å². The predicted octanol–water partition coefficient (Wildman–Crippen LogP) is 3.43. The van der Waals surface area contributed by atoms with Gasteiger partial charge in [-0.05, 0) is 43.2 Å². The zero-order valence-corrected chi connectivity index (χ0v) is 15.3. The molecule has 130 valence electrons. The summed E-state index contributed by atoms with van der Waals surface area (Å²) >= 11 is 1.48. The first-order chi connectivity index (χ1) is 12.0. The molecular weight excluding hydrogens is 336 g/mol. The van der Waals surface area contributed by atoms with Crippen LogP contribution in [0.15, 0.2) is 36.7 Å². The second kappa shape index (κ2) is 7.48. The van der Waals surface area contributed by atoms with Gasteiger partial charge >= 0.3 is 0 Å². The summed E-state index contributed by atoms with van der Waals surface area (Å²) in [4.78, 5) is 17.8. The average Bonchev–Trinajstić information content (AvgIpc) is 3.18. The average molecular weight is 356 g/mol. The number of ether oxygens (including phenoxy) is 1. The zero-order chi connectivity index (χ0) is 17.8. The lowest BCUT2D eigenvalue weighted by Crippen LogP contribution is -2.12. The molecule has 0 saturated carbocycles. The molecule has 0 spiro atoms. The monoisotopic (exact) mass is 356 g/mol. The summed E-state index contributed by atoms with van der Waals surface area (Å²) in [5.74, 6) is 0.763. The van der Waals surface area contributed by atoms with E-state index in [9.17, 15) is 4.79 Å². The molecule has 1 N–H and O–H groups in total. The lowest BCUT2D eigenvalue weighted by atomic mass is 10.1. The first-order valence-electron chi connectivity index (χ1n) is 7.94. The maximum atomic E-state index is 12.1. The normalized spacial score (nSPS) is 10.7. The number of thiazole rings is 1. The Morgan fingerprint density at radius 3 is 2.72 bits per heavy atom. The molecule has 0 aliphatic carbocycles. The van der Waals surface area contributed by atoms with Crippen LogP contribution < -0.4 is 10.1 Å². The van der Waals surface area contributed by atoms with Crippen LogP contribution in [-0.2, 0) is 18.3 Å². The number of aromatic nitrogens is 3. The van der Waals surface area contributed by atoms with E-state index >= 15 is 0 Å². The summed E-state index contributed by atoms with van der Waals surface area (Å²) < 4.78 is 6.91. The van der Waals surface area contributed by atoms with Crippen LogP contribution >= 0.6 is 11.3 Å². The van der Waals surface area contributed by atoms with E-state index in [1.165, 1.54) is 11.3 Å². The fraction of sp³-hybridized carbons (Fsp3) is 0.278. The highest BCUT2D eigenvalue weighted by Gasteiger charge is 2.12. The van der Waals surface area contributed by atoms with Crippen LogP contribution in [-0.4, -0.2) is 27.8 Å². The van der Waals surface area contributed by atoms with Gasteiger partial charge in [-0.15, -0.1) is 11.3 Å². The number of hydrogen-bond donors (Lipinski definition) is 1. The highest BCUT2D eigenvalue weighted by Crippen LogP contribution is 2.31. The zero-order valence-electron chi connectivity index (χ0n) is 14.4. The minimum Gasteiger partial charge on any atom is -0.497 e. The molecular formula is C18H20N4O2S. The van der Waals surface area contributed by atoms with Crippen molar-refractivity contribution in [3.63, 3.8) is 0 Å². The topological polar surface area (TPSA) is 69.0 Å². The number of methoxy groups -OCH3 is 1. The lowest BCUT2D eigenvalue weighted by molar-refractivity contribution is -0.116. The number of hydrogen-bond acceptors (Lipinski definition) is 5. The number of carbonyl (C=O) groups is 1. The van der Waals surface area contributed by atoms with E-state index in [1.807, 2.05) is 44.4 Å². The molecule has 7 heteroatoms. The fourth-order valence-electron chi connectivity index (χ4n) is 2.51. The standard InChI is InChI=1S/C18H20N4O2S/c1-12-17(14-5-7-15(24-3)8-6-14)21-18(25-12)20-16(23)9-4-13-10-19-22(2)11-13/h5-8,10-11H,4,9H2,1-3H3,(H,20,21,23). The summed E-state index contributed by atoms with van der Waals surface area (Å²) in [7, 11) is 3.50. The van der Waals surface area contributed by atoms with Crippen LogP contribution in [0.3, 0.4) is 0 Å². The van der Waals surface area contributed by atoms with Crippen molar-refractivity contribution in [3.05, 3.63) is 47.1 Å². The van der Waals surface area contributed by atoms with Crippen molar-refractivity contribution in [2.45, 2.75) is 19.8 Å². The molecule has 3 aromatic rings. The first-order valence-corrected chi connectivity index (χ1v) is 8.76. The summed E-state index contributed by atoms with van der Waals surface area (Å²) in [5.41, 5.74) is 2.94. The molecule has 2 heterocycles. The van der Waals surface area contributed by atoms with E-state index in [2.05, 4.69) is 15.4 Å². The largest absolute Gasteiger partial charge is 0.497 e. The number of rotatable bonds is 6. The van der Waals surface area contributed by atoms with Gasteiger partial charge in [-0.2, -0.15) is 5.10 Å². The minimum absolute atomic E-state index is 0.0427. The Balaban J connectivity index is 1.64. The number of amides is 1. The Morgan fingerprint density at radius 1 is 1.32 bits per heavy atom. The summed E-state index contributed by atoms with van der Waals surface area (Å²) in [6.45, 7) is 2.00. The molecule has 1 amide bonds. The fourth-order valence-corrected chi connectivity index (χ4v) is 3.36. The minimum atomic E-state index is -0.0427. The molecule has 25 heavy (non-hydrogen) atoms. The lowest BCUT2D eigenvalue weighted by Gasteiger charge is -2.02. The Bertz CT molecular complexity index is 868. The maximum Gasteiger partial charge on any atom is 0.226 e. The molecule has 0 aliphatic rings. The van der Waals surface area contributed by atoms with Crippen molar-refractivity contribution in [1.29, 1.82) is 0 Å². The van der Waals surface area contributed by atoms with Gasteiger partial charge in [0.25, 0.3) is 0 Å². The third kappa shape index (κ3) is 4.24. The van der Waals surface area contributed by atoms with Crippen LogP contribution in [0, 0.1) is 6.92 Å². The van der Waals surface area contributed by atoms with Crippen molar-refractivity contribution in [3.8, 4) is 17.0 Å². The summed E-state index contributed by atoms with van der Waals surface area (Å²) in [6, 6.07) is 7.74. The number of nitrogens with one attached hydrogen (secondary N) is 1. The molecule has 0 radical (unpaired) electrons. The number of aryl methyl sites for hydroxylation is 3. The second-order valence-electron chi connectivity index (χ2n) is 5.72. The van der Waals surface area contributed by atoms with Crippen LogP contribution in [0.5, 0.6) is 5.75 Å². The molecule has 0 fully saturated rings. The van der Waals surface area contributed by atoms with Gasteiger partial charge in [0.05, 0.1) is 19.0 Å². The molecule has 1 aromatic carbocycles. The molecule has 0 saturated heterocycles. The van der Waals surface area contributed by atoms with Crippen molar-refractivity contribution < 1.29 is 9.53 Å². The van der Waals surface area contributed by atoms with Crippen molar-refractivity contribution >= 4 is 22.4 Å². The number of benzene rings is 1. The van der Waals surface area contributed by atoms with Gasteiger partial charge in [0, 0.05) is 30.1 Å². The molecule has 3 rings (SSSR count). The van der Waals surface area contributed by atoms with E-state index in [4.69, 9.17) is 4.74 Å². The Kier molecular flexibility index (Phi) is 5.14. The van der Waals surface area contributed by atoms with Gasteiger partial charge in [0.2, 0.25) is 5.91 Å². The molecule has 0 unspecified atom stereocenters. The van der Waals surface area contributed by atoms with Gasteiger partial charge in [0.1, 0.15) is 5.75 Å². The van der Waals surface area contributed by atoms with E-state index in [0.29, 0.717) is 18.0 Å². The maximum absolute atomic E-state index is 12.1. The first kappa shape index (κ1) is 17.2. The van der Waals surface area contributed by atoms with Gasteiger partial charge in [-0.25, -0.2) is 4.98 Å². The smallest absolute Gasteiger partial charge is 0.226 e. The number of carbonyl (C=O) groups excluding carboxylic acids is 1. The van der Waals surface area contributed by atoms with Gasteiger partial charge < -0.3 is 10.1 Å². The van der Waals surface area contributed by atoms with Gasteiger partial charge in [0.15, 0.2) is 5.13 Å². The van der Waals surface area contributed by atoms with Crippen LogP contribution in [0.25, 0.3) is 11.3 Å². The van der Waals surface area contributed by atoms with Gasteiger partial charge in [-0.1, -0.05) is 0 Å². The Morgan fingerprint density at radius 2 is 2.08 bits per heavy atom. The quantitative estimate of drug-likeness (QED) is 0.735.